The molecule has 0 saturated carbocycles. The molecule has 44 heavy (non-hydrogen) atoms. The third-order valence-corrected chi connectivity index (χ3v) is 8.24. The van der Waals surface area contributed by atoms with Crippen molar-refractivity contribution in [3.05, 3.63) is 177 Å². The lowest BCUT2D eigenvalue weighted by atomic mass is 9.82. The standard InChI is InChI=1S/C42H42O2/c1-8-33-12-16-35(17-13-33)26-43-41-29(4)22-38(23-30(41)5)40(37-20-10-28(3)11-21-37)39-24-31(6)42(32(7)25-39)44-27-36-18-14-34(9-2)15-19-36/h8-25,40H,1-2,26-27H2,3-7H3. The van der Waals surface area contributed by atoms with Crippen molar-refractivity contribution in [3.8, 4) is 11.5 Å². The van der Waals surface area contributed by atoms with Gasteiger partial charge in [0.25, 0.3) is 0 Å². The van der Waals surface area contributed by atoms with Gasteiger partial charge in [-0.15, -0.1) is 0 Å². The third-order valence-electron chi connectivity index (χ3n) is 8.24. The average Bonchev–Trinajstić information content (AvgIpc) is 3.02. The Bertz CT molecular complexity index is 1600. The Balaban J connectivity index is 1.45. The van der Waals surface area contributed by atoms with E-state index in [9.17, 15) is 0 Å². The first-order chi connectivity index (χ1) is 21.2. The van der Waals surface area contributed by atoms with Crippen LogP contribution in [0.5, 0.6) is 11.5 Å². The van der Waals surface area contributed by atoms with E-state index in [4.69, 9.17) is 9.47 Å². The second-order valence-corrected chi connectivity index (χ2v) is 11.8. The van der Waals surface area contributed by atoms with Crippen LogP contribution >= 0.6 is 0 Å². The van der Waals surface area contributed by atoms with Crippen molar-refractivity contribution >= 4 is 12.2 Å². The smallest absolute Gasteiger partial charge is 0.125 e. The lowest BCUT2D eigenvalue weighted by Crippen LogP contribution is -2.08. The molecule has 0 bridgehead atoms. The number of aryl methyl sites for hydroxylation is 5. The van der Waals surface area contributed by atoms with Crippen LogP contribution < -0.4 is 9.47 Å². The minimum atomic E-state index is 0.0754. The highest BCUT2D eigenvalue weighted by Gasteiger charge is 2.21. The molecule has 222 valence electrons. The van der Waals surface area contributed by atoms with Gasteiger partial charge in [0.15, 0.2) is 0 Å². The fourth-order valence-corrected chi connectivity index (χ4v) is 5.90. The van der Waals surface area contributed by atoms with Crippen LogP contribution in [0.1, 0.15) is 72.7 Å². The zero-order valence-corrected chi connectivity index (χ0v) is 26.6. The molecule has 0 amide bonds. The average molecular weight is 579 g/mol. The Morgan fingerprint density at radius 2 is 0.864 bits per heavy atom. The van der Waals surface area contributed by atoms with Crippen molar-refractivity contribution in [1.29, 1.82) is 0 Å². The maximum atomic E-state index is 6.37. The molecule has 0 aromatic heterocycles. The first kappa shape index (κ1) is 30.6. The van der Waals surface area contributed by atoms with Crippen LogP contribution in [-0.4, -0.2) is 0 Å². The van der Waals surface area contributed by atoms with E-state index in [2.05, 4.69) is 145 Å². The van der Waals surface area contributed by atoms with Gasteiger partial charge in [0, 0.05) is 5.92 Å². The predicted molar refractivity (Wildman–Crippen MR) is 186 cm³/mol. The zero-order chi connectivity index (χ0) is 31.2. The lowest BCUT2D eigenvalue weighted by Gasteiger charge is -2.24. The van der Waals surface area contributed by atoms with Gasteiger partial charge in [-0.1, -0.05) is 128 Å². The number of hydrogen-bond acceptors (Lipinski definition) is 2. The molecule has 0 atom stereocenters. The summed E-state index contributed by atoms with van der Waals surface area (Å²) < 4.78 is 12.7. The summed E-state index contributed by atoms with van der Waals surface area (Å²) >= 11 is 0. The van der Waals surface area contributed by atoms with E-state index in [1.807, 2.05) is 12.2 Å². The molecule has 0 N–H and O–H groups in total. The summed E-state index contributed by atoms with van der Waals surface area (Å²) in [5.74, 6) is 1.97. The molecule has 2 heteroatoms. The van der Waals surface area contributed by atoms with Gasteiger partial charge in [-0.3, -0.25) is 0 Å². The molecule has 0 fully saturated rings. The minimum absolute atomic E-state index is 0.0754. The highest BCUT2D eigenvalue weighted by molar-refractivity contribution is 5.54. The van der Waals surface area contributed by atoms with E-state index in [1.165, 1.54) is 22.3 Å². The van der Waals surface area contributed by atoms with E-state index >= 15 is 0 Å². The SMILES string of the molecule is C=Cc1ccc(COc2c(C)cc(C(c3ccc(C)cc3)c3cc(C)c(OCc4ccc(C=C)cc4)c(C)c3)cc2C)cc1. The molecular weight excluding hydrogens is 536 g/mol. The Morgan fingerprint density at radius 1 is 0.500 bits per heavy atom. The predicted octanol–water partition coefficient (Wildman–Crippen LogP) is 10.9. The molecule has 0 unspecified atom stereocenters. The molecule has 5 aromatic carbocycles. The van der Waals surface area contributed by atoms with Crippen molar-refractivity contribution in [1.82, 2.24) is 0 Å². The molecule has 0 spiro atoms. The topological polar surface area (TPSA) is 18.5 Å². The Morgan fingerprint density at radius 3 is 1.20 bits per heavy atom. The highest BCUT2D eigenvalue weighted by Crippen LogP contribution is 2.39. The first-order valence-corrected chi connectivity index (χ1v) is 15.2. The second-order valence-electron chi connectivity index (χ2n) is 11.8. The maximum Gasteiger partial charge on any atom is 0.125 e. The van der Waals surface area contributed by atoms with E-state index in [1.54, 1.807) is 0 Å². The minimum Gasteiger partial charge on any atom is -0.488 e. The highest BCUT2D eigenvalue weighted by atomic mass is 16.5. The van der Waals surface area contributed by atoms with Crippen LogP contribution in [0.4, 0.5) is 0 Å². The van der Waals surface area contributed by atoms with Crippen molar-refractivity contribution in [2.45, 2.75) is 53.8 Å². The summed E-state index contributed by atoms with van der Waals surface area (Å²) in [6.07, 6.45) is 3.71. The Labute approximate surface area is 263 Å². The van der Waals surface area contributed by atoms with Gasteiger partial charge in [0.2, 0.25) is 0 Å². The fourth-order valence-electron chi connectivity index (χ4n) is 5.90. The molecule has 0 aliphatic heterocycles. The van der Waals surface area contributed by atoms with Crippen LogP contribution in [0, 0.1) is 34.6 Å². The van der Waals surface area contributed by atoms with E-state index < -0.39 is 0 Å². The molecule has 0 saturated heterocycles. The van der Waals surface area contributed by atoms with Crippen molar-refractivity contribution in [2.75, 3.05) is 0 Å². The Hall–Kier alpha value is -4.82. The third kappa shape index (κ3) is 7.03. The molecule has 0 radical (unpaired) electrons. The van der Waals surface area contributed by atoms with Crippen LogP contribution in [0.15, 0.2) is 110 Å². The molecule has 5 rings (SSSR count). The van der Waals surface area contributed by atoms with Gasteiger partial charge in [0.1, 0.15) is 24.7 Å². The fraction of sp³-hybridized carbons (Fsp3) is 0.190. The van der Waals surface area contributed by atoms with Gasteiger partial charge in [-0.2, -0.15) is 0 Å². The van der Waals surface area contributed by atoms with Crippen LogP contribution in [0.25, 0.3) is 12.2 Å². The van der Waals surface area contributed by atoms with E-state index in [-0.39, 0.29) is 5.92 Å². The summed E-state index contributed by atoms with van der Waals surface area (Å²) in [4.78, 5) is 0. The summed E-state index contributed by atoms with van der Waals surface area (Å²) in [5, 5.41) is 0. The van der Waals surface area contributed by atoms with Gasteiger partial charge in [-0.05, 0) is 95.8 Å². The monoisotopic (exact) mass is 578 g/mol. The largest absolute Gasteiger partial charge is 0.488 e. The zero-order valence-electron chi connectivity index (χ0n) is 26.6. The van der Waals surface area contributed by atoms with Crippen LogP contribution in [-0.2, 0) is 13.2 Å². The molecule has 0 heterocycles. The van der Waals surface area contributed by atoms with Crippen LogP contribution in [0.2, 0.25) is 0 Å². The van der Waals surface area contributed by atoms with Gasteiger partial charge < -0.3 is 9.47 Å². The molecule has 5 aromatic rings. The van der Waals surface area contributed by atoms with Gasteiger partial charge in [0.05, 0.1) is 0 Å². The van der Waals surface area contributed by atoms with Gasteiger partial charge in [-0.25, -0.2) is 0 Å². The molecule has 0 aliphatic carbocycles. The molecule has 0 aliphatic rings. The Kier molecular flexibility index (Phi) is 9.50. The number of hydrogen-bond donors (Lipinski definition) is 0. The van der Waals surface area contributed by atoms with Crippen molar-refractivity contribution in [3.63, 3.8) is 0 Å². The summed E-state index contributed by atoms with van der Waals surface area (Å²) in [5.41, 5.74) is 14.0. The lowest BCUT2D eigenvalue weighted by molar-refractivity contribution is 0.301. The summed E-state index contributed by atoms with van der Waals surface area (Å²) in [7, 11) is 0. The van der Waals surface area contributed by atoms with Gasteiger partial charge >= 0.3 is 0 Å². The second kappa shape index (κ2) is 13.7. The number of benzene rings is 5. The summed E-state index contributed by atoms with van der Waals surface area (Å²) in [6, 6.07) is 34.7. The number of rotatable bonds is 11. The van der Waals surface area contributed by atoms with E-state index in [0.29, 0.717) is 13.2 Å². The number of ether oxygens (including phenoxy) is 2. The first-order valence-electron chi connectivity index (χ1n) is 15.2. The molecular formula is C42H42O2. The quantitative estimate of drug-likeness (QED) is 0.145. The molecule has 2 nitrogen and oxygen atoms in total. The normalized spacial score (nSPS) is 11.0. The van der Waals surface area contributed by atoms with Crippen molar-refractivity contribution in [2.24, 2.45) is 0 Å². The van der Waals surface area contributed by atoms with E-state index in [0.717, 1.165) is 56.0 Å². The summed E-state index contributed by atoms with van der Waals surface area (Å²) in [6.45, 7) is 19.5. The maximum absolute atomic E-state index is 6.37. The van der Waals surface area contributed by atoms with Crippen LogP contribution in [0.3, 0.4) is 0 Å². The van der Waals surface area contributed by atoms with Crippen molar-refractivity contribution < 1.29 is 9.47 Å².